The number of carbonyl (C=O) groups excluding carboxylic acids is 2. The van der Waals surface area contributed by atoms with Crippen LogP contribution in [0.3, 0.4) is 0 Å². The molecule has 3 aromatic rings. The van der Waals surface area contributed by atoms with Crippen molar-refractivity contribution in [2.45, 2.75) is 43.7 Å². The molecular weight excluding hydrogens is 486 g/mol. The van der Waals surface area contributed by atoms with Crippen LogP contribution in [0.4, 0.5) is 0 Å². The van der Waals surface area contributed by atoms with E-state index in [2.05, 4.69) is 0 Å². The monoisotopic (exact) mass is 513 g/mol. The Morgan fingerprint density at radius 2 is 1.63 bits per heavy atom. The highest BCUT2D eigenvalue weighted by molar-refractivity contribution is 7.89. The van der Waals surface area contributed by atoms with Crippen LogP contribution < -0.4 is 11.5 Å². The molecule has 0 bridgehead atoms. The van der Waals surface area contributed by atoms with Crippen molar-refractivity contribution in [2.24, 2.45) is 11.5 Å². The maximum absolute atomic E-state index is 13.8. The van der Waals surface area contributed by atoms with Gasteiger partial charge in [-0.2, -0.15) is 4.31 Å². The summed E-state index contributed by atoms with van der Waals surface area (Å²) in [5.74, 6) is -1.36. The zero-order valence-corrected chi connectivity index (χ0v) is 20.9. The minimum Gasteiger partial charge on any atom is -0.368 e. The summed E-state index contributed by atoms with van der Waals surface area (Å²) in [5, 5.41) is 0.382. The molecule has 0 aromatic heterocycles. The first-order chi connectivity index (χ1) is 16.6. The Hall–Kier alpha value is -3.20. The van der Waals surface area contributed by atoms with Crippen molar-refractivity contribution in [3.63, 3.8) is 0 Å². The molecule has 7 nitrogen and oxygen atoms in total. The van der Waals surface area contributed by atoms with Gasteiger partial charge in [0.25, 0.3) is 0 Å². The third-order valence-electron chi connectivity index (χ3n) is 5.67. The molecule has 9 heteroatoms. The van der Waals surface area contributed by atoms with Crippen LogP contribution >= 0.6 is 11.6 Å². The van der Waals surface area contributed by atoms with Gasteiger partial charge >= 0.3 is 0 Å². The first-order valence-electron chi connectivity index (χ1n) is 11.2. The molecule has 184 valence electrons. The van der Waals surface area contributed by atoms with Crippen molar-refractivity contribution >= 4 is 33.4 Å². The second-order valence-electron chi connectivity index (χ2n) is 8.18. The van der Waals surface area contributed by atoms with Crippen LogP contribution in [0.1, 0.15) is 52.9 Å². The van der Waals surface area contributed by atoms with Crippen LogP contribution in [0, 0.1) is 0 Å². The zero-order chi connectivity index (χ0) is 25.6. The molecule has 0 aliphatic carbocycles. The fourth-order valence-corrected chi connectivity index (χ4v) is 5.60. The molecule has 0 aliphatic heterocycles. The van der Waals surface area contributed by atoms with Gasteiger partial charge in [-0.3, -0.25) is 9.59 Å². The van der Waals surface area contributed by atoms with Crippen molar-refractivity contribution in [3.05, 3.63) is 100 Å². The lowest BCUT2D eigenvalue weighted by atomic mass is 9.98. The van der Waals surface area contributed by atoms with Crippen LogP contribution in [0.5, 0.6) is 0 Å². The van der Waals surface area contributed by atoms with Gasteiger partial charge in [0.2, 0.25) is 21.8 Å². The Bertz CT molecular complexity index is 1300. The topological polar surface area (TPSA) is 124 Å². The van der Waals surface area contributed by atoms with E-state index >= 15 is 0 Å². The van der Waals surface area contributed by atoms with Gasteiger partial charge in [0.05, 0.1) is 4.90 Å². The number of carbonyl (C=O) groups is 2. The van der Waals surface area contributed by atoms with Gasteiger partial charge in [0, 0.05) is 17.1 Å². The molecule has 1 atom stereocenters. The van der Waals surface area contributed by atoms with E-state index in [0.29, 0.717) is 28.1 Å². The molecule has 3 aromatic carbocycles. The minimum atomic E-state index is -4.18. The number of aryl methyl sites for hydroxylation is 1. The molecule has 0 spiro atoms. The number of benzene rings is 3. The Kier molecular flexibility index (Phi) is 8.67. The largest absolute Gasteiger partial charge is 0.368 e. The second kappa shape index (κ2) is 11.5. The van der Waals surface area contributed by atoms with Gasteiger partial charge in [-0.25, -0.2) is 8.42 Å². The minimum absolute atomic E-state index is 0.0240. The molecule has 4 N–H and O–H groups in total. The predicted molar refractivity (Wildman–Crippen MR) is 136 cm³/mol. The Balaban J connectivity index is 2.14. The van der Waals surface area contributed by atoms with Crippen LogP contribution in [0.15, 0.2) is 77.7 Å². The average Bonchev–Trinajstić information content (AvgIpc) is 2.83. The van der Waals surface area contributed by atoms with Gasteiger partial charge in [0.1, 0.15) is 6.04 Å². The Morgan fingerprint density at radius 3 is 2.20 bits per heavy atom. The Labute approximate surface area is 210 Å². The maximum Gasteiger partial charge on any atom is 0.248 e. The number of nitrogens with two attached hydrogens (primary N) is 2. The third kappa shape index (κ3) is 6.28. The van der Waals surface area contributed by atoms with E-state index in [9.17, 15) is 18.0 Å². The summed E-state index contributed by atoms with van der Waals surface area (Å²) in [6.07, 6.45) is 2.37. The summed E-state index contributed by atoms with van der Waals surface area (Å²) < 4.78 is 28.7. The van der Waals surface area contributed by atoms with Gasteiger partial charge < -0.3 is 11.5 Å². The molecular formula is C26H28ClN3O4S. The summed E-state index contributed by atoms with van der Waals surface area (Å²) in [7, 11) is -4.18. The molecule has 0 saturated carbocycles. The molecule has 0 heterocycles. The summed E-state index contributed by atoms with van der Waals surface area (Å²) in [6, 6.07) is 18.0. The van der Waals surface area contributed by atoms with Gasteiger partial charge in [-0.05, 0) is 59.9 Å². The number of unbranched alkanes of at least 4 members (excludes halogenated alkanes) is 1. The summed E-state index contributed by atoms with van der Waals surface area (Å²) in [6.45, 7) is 1.89. The molecule has 35 heavy (non-hydrogen) atoms. The van der Waals surface area contributed by atoms with Gasteiger partial charge in [-0.1, -0.05) is 67.4 Å². The second-order valence-corrected chi connectivity index (χ2v) is 10.5. The quantitative estimate of drug-likeness (QED) is 0.398. The van der Waals surface area contributed by atoms with E-state index in [-0.39, 0.29) is 11.4 Å². The highest BCUT2D eigenvalue weighted by Gasteiger charge is 2.36. The Morgan fingerprint density at radius 1 is 0.971 bits per heavy atom. The van der Waals surface area contributed by atoms with Crippen molar-refractivity contribution in [2.75, 3.05) is 0 Å². The molecule has 0 radical (unpaired) electrons. The first kappa shape index (κ1) is 26.4. The van der Waals surface area contributed by atoms with Crippen LogP contribution in [0.25, 0.3) is 0 Å². The van der Waals surface area contributed by atoms with Crippen LogP contribution in [-0.4, -0.2) is 24.5 Å². The number of amides is 2. The van der Waals surface area contributed by atoms with Crippen LogP contribution in [0.2, 0.25) is 5.02 Å². The average molecular weight is 514 g/mol. The smallest absolute Gasteiger partial charge is 0.248 e. The summed E-state index contributed by atoms with van der Waals surface area (Å²) in [5.41, 5.74) is 13.5. The lowest BCUT2D eigenvalue weighted by molar-refractivity contribution is -0.122. The van der Waals surface area contributed by atoms with Crippen molar-refractivity contribution in [1.82, 2.24) is 4.31 Å². The molecule has 2 amide bonds. The highest BCUT2D eigenvalue weighted by Crippen LogP contribution is 2.31. The lowest BCUT2D eigenvalue weighted by Crippen LogP contribution is -2.41. The molecule has 3 rings (SSSR count). The molecule has 0 aliphatic rings. The normalized spacial score (nSPS) is 12.4. The van der Waals surface area contributed by atoms with E-state index in [0.717, 1.165) is 22.7 Å². The molecule has 0 unspecified atom stereocenters. The van der Waals surface area contributed by atoms with E-state index in [4.69, 9.17) is 23.1 Å². The number of sulfonamides is 1. The third-order valence-corrected chi connectivity index (χ3v) is 7.74. The molecule has 0 saturated heterocycles. The standard InChI is InChI=1S/C26H28ClN3O4S/c1-2-3-7-20-16-18(10-15-23(20)25(28)31)17-30(24(26(29)32)19-8-5-4-6-9-19)35(33,34)22-13-11-21(27)12-14-22/h4-6,8-16,24H,2-3,7,17H2,1H3,(H2,28,31)(H2,29,32)/t24-/m1/s1. The number of halogens is 1. The van der Waals surface area contributed by atoms with E-state index in [1.54, 1.807) is 48.5 Å². The highest BCUT2D eigenvalue weighted by atomic mass is 35.5. The summed E-state index contributed by atoms with van der Waals surface area (Å²) in [4.78, 5) is 24.5. The van der Waals surface area contributed by atoms with Crippen molar-refractivity contribution in [1.29, 1.82) is 0 Å². The maximum atomic E-state index is 13.8. The van der Waals surface area contributed by atoms with Gasteiger partial charge in [-0.15, -0.1) is 0 Å². The van der Waals surface area contributed by atoms with E-state index in [1.807, 2.05) is 6.92 Å². The first-order valence-corrected chi connectivity index (χ1v) is 13.0. The fourth-order valence-electron chi connectivity index (χ4n) is 3.90. The number of hydrogen-bond donors (Lipinski definition) is 2. The molecule has 0 fully saturated rings. The predicted octanol–water partition coefficient (Wildman–Crippen LogP) is 4.20. The van der Waals surface area contributed by atoms with Gasteiger partial charge in [0.15, 0.2) is 0 Å². The summed E-state index contributed by atoms with van der Waals surface area (Å²) >= 11 is 5.96. The van der Waals surface area contributed by atoms with E-state index in [1.165, 1.54) is 24.3 Å². The number of hydrogen-bond acceptors (Lipinski definition) is 4. The number of rotatable bonds is 11. The lowest BCUT2D eigenvalue weighted by Gasteiger charge is -2.29. The van der Waals surface area contributed by atoms with Crippen LogP contribution in [-0.2, 0) is 27.8 Å². The van der Waals surface area contributed by atoms with E-state index < -0.39 is 27.9 Å². The van der Waals surface area contributed by atoms with Crippen molar-refractivity contribution in [3.8, 4) is 0 Å². The zero-order valence-electron chi connectivity index (χ0n) is 19.4. The SMILES string of the molecule is CCCCc1cc(CN([C@@H](C(N)=O)c2ccccc2)S(=O)(=O)c2ccc(Cl)cc2)ccc1C(N)=O. The van der Waals surface area contributed by atoms with Crippen molar-refractivity contribution < 1.29 is 18.0 Å². The number of primary amides is 2. The fraction of sp³-hybridized carbons (Fsp3) is 0.231. The number of nitrogens with zero attached hydrogens (tertiary/aromatic N) is 1.